The van der Waals surface area contributed by atoms with E-state index in [4.69, 9.17) is 0 Å². The van der Waals surface area contributed by atoms with Crippen LogP contribution in [0.1, 0.15) is 13.8 Å². The van der Waals surface area contributed by atoms with Gasteiger partial charge in [0.15, 0.2) is 0 Å². The predicted molar refractivity (Wildman–Crippen MR) is 38.8 cm³/mol. The van der Waals surface area contributed by atoms with E-state index in [9.17, 15) is 0 Å². The number of hydrogen-bond acceptors (Lipinski definition) is 0. The fourth-order valence-corrected chi connectivity index (χ4v) is 0.316. The summed E-state index contributed by atoms with van der Waals surface area (Å²) in [5.74, 6) is 0. The first-order valence-electron chi connectivity index (χ1n) is 2.73. The Labute approximate surface area is 51.2 Å². The molecule has 0 fully saturated rings. The van der Waals surface area contributed by atoms with Gasteiger partial charge in [-0.15, -0.1) is 0 Å². The maximum absolute atomic E-state index is 3.61. The maximum Gasteiger partial charge on any atom is -0.0398 e. The summed E-state index contributed by atoms with van der Waals surface area (Å²) in [4.78, 5) is 0. The summed E-state index contributed by atoms with van der Waals surface area (Å²) in [7, 11) is 0. The van der Waals surface area contributed by atoms with E-state index in [1.807, 2.05) is 38.2 Å². The van der Waals surface area contributed by atoms with Crippen LogP contribution in [0.15, 0.2) is 36.5 Å². The minimum Gasteiger partial charge on any atom is -0.0988 e. The Bertz CT molecular complexity index is 116. The van der Waals surface area contributed by atoms with Crippen molar-refractivity contribution in [3.8, 4) is 0 Å². The van der Waals surface area contributed by atoms with Crippen molar-refractivity contribution in [2.45, 2.75) is 13.8 Å². The SMILES string of the molecule is C=C/C(C)=C\C=CC. The van der Waals surface area contributed by atoms with Crippen molar-refractivity contribution in [1.29, 1.82) is 0 Å². The normalized spacial score (nSPS) is 12.5. The van der Waals surface area contributed by atoms with Crippen molar-refractivity contribution in [3.63, 3.8) is 0 Å². The van der Waals surface area contributed by atoms with E-state index in [1.165, 1.54) is 5.57 Å². The molecule has 0 nitrogen and oxygen atoms in total. The summed E-state index contributed by atoms with van der Waals surface area (Å²) in [6, 6.07) is 0. The van der Waals surface area contributed by atoms with Crippen molar-refractivity contribution in [2.75, 3.05) is 0 Å². The first kappa shape index (κ1) is 7.22. The molecule has 0 heterocycles. The van der Waals surface area contributed by atoms with E-state index in [-0.39, 0.29) is 0 Å². The van der Waals surface area contributed by atoms with Gasteiger partial charge in [-0.1, -0.05) is 36.5 Å². The first-order valence-corrected chi connectivity index (χ1v) is 2.73. The Balaban J connectivity index is 3.74. The van der Waals surface area contributed by atoms with E-state index >= 15 is 0 Å². The van der Waals surface area contributed by atoms with Crippen molar-refractivity contribution in [2.24, 2.45) is 0 Å². The van der Waals surface area contributed by atoms with E-state index in [2.05, 4.69) is 6.58 Å². The van der Waals surface area contributed by atoms with Crippen LogP contribution in [0.25, 0.3) is 0 Å². The third-order valence-corrected chi connectivity index (χ3v) is 0.874. The lowest BCUT2D eigenvalue weighted by Gasteiger charge is -1.81. The number of hydrogen-bond donors (Lipinski definition) is 0. The second kappa shape index (κ2) is 4.38. The summed E-state index contributed by atoms with van der Waals surface area (Å²) in [5, 5.41) is 0. The molecule has 0 bridgehead atoms. The second-order valence-electron chi connectivity index (χ2n) is 1.64. The van der Waals surface area contributed by atoms with E-state index < -0.39 is 0 Å². The van der Waals surface area contributed by atoms with Crippen molar-refractivity contribution < 1.29 is 0 Å². The van der Waals surface area contributed by atoms with Gasteiger partial charge in [0, 0.05) is 0 Å². The molecular weight excluding hydrogens is 96.1 g/mol. The Morgan fingerprint density at radius 3 is 2.50 bits per heavy atom. The van der Waals surface area contributed by atoms with Gasteiger partial charge in [0.1, 0.15) is 0 Å². The van der Waals surface area contributed by atoms with Crippen LogP contribution >= 0.6 is 0 Å². The zero-order valence-electron chi connectivity index (χ0n) is 5.52. The van der Waals surface area contributed by atoms with Crippen molar-refractivity contribution in [1.82, 2.24) is 0 Å². The lowest BCUT2D eigenvalue weighted by molar-refractivity contribution is 1.53. The maximum atomic E-state index is 3.61. The molecule has 44 valence electrons. The van der Waals surface area contributed by atoms with Crippen LogP contribution in [0, 0.1) is 0 Å². The van der Waals surface area contributed by atoms with Crippen molar-refractivity contribution in [3.05, 3.63) is 36.5 Å². The molecule has 0 rings (SSSR count). The minimum absolute atomic E-state index is 1.20. The number of allylic oxidation sites excluding steroid dienone is 5. The highest BCUT2D eigenvalue weighted by molar-refractivity contribution is 5.18. The van der Waals surface area contributed by atoms with Crippen LogP contribution in [0.3, 0.4) is 0 Å². The molecule has 0 radical (unpaired) electrons. The van der Waals surface area contributed by atoms with E-state index in [0.29, 0.717) is 0 Å². The molecule has 0 aliphatic heterocycles. The zero-order chi connectivity index (χ0) is 6.41. The van der Waals surface area contributed by atoms with Gasteiger partial charge in [0.2, 0.25) is 0 Å². The molecule has 0 aromatic carbocycles. The Hall–Kier alpha value is -0.780. The summed E-state index contributed by atoms with van der Waals surface area (Å²) < 4.78 is 0. The molecule has 0 spiro atoms. The highest BCUT2D eigenvalue weighted by atomic mass is 13.8. The largest absolute Gasteiger partial charge is 0.0988 e. The van der Waals surface area contributed by atoms with Crippen LogP contribution in [0.5, 0.6) is 0 Å². The molecule has 0 aromatic heterocycles. The highest BCUT2D eigenvalue weighted by Gasteiger charge is 1.70. The Morgan fingerprint density at radius 1 is 1.50 bits per heavy atom. The van der Waals surface area contributed by atoms with Crippen LogP contribution in [0.4, 0.5) is 0 Å². The van der Waals surface area contributed by atoms with Gasteiger partial charge in [-0.05, 0) is 13.8 Å². The smallest absolute Gasteiger partial charge is 0.0398 e. The molecule has 0 atom stereocenters. The fraction of sp³-hybridized carbons (Fsp3) is 0.250. The summed E-state index contributed by atoms with van der Waals surface area (Å²) in [6.45, 7) is 7.63. The summed E-state index contributed by atoms with van der Waals surface area (Å²) in [6.07, 6.45) is 7.84. The molecule has 0 aliphatic carbocycles. The minimum atomic E-state index is 1.20. The Kier molecular flexibility index (Phi) is 3.95. The van der Waals surface area contributed by atoms with Gasteiger partial charge >= 0.3 is 0 Å². The van der Waals surface area contributed by atoms with Gasteiger partial charge in [0.05, 0.1) is 0 Å². The molecule has 0 unspecified atom stereocenters. The molecule has 0 amide bonds. The second-order valence-corrected chi connectivity index (χ2v) is 1.64. The fourth-order valence-electron chi connectivity index (χ4n) is 0.316. The van der Waals surface area contributed by atoms with Gasteiger partial charge in [-0.3, -0.25) is 0 Å². The molecule has 8 heavy (non-hydrogen) atoms. The van der Waals surface area contributed by atoms with Gasteiger partial charge in [-0.2, -0.15) is 0 Å². The summed E-state index contributed by atoms with van der Waals surface area (Å²) >= 11 is 0. The van der Waals surface area contributed by atoms with E-state index in [0.717, 1.165) is 0 Å². The lowest BCUT2D eigenvalue weighted by atomic mass is 10.3. The third-order valence-electron chi connectivity index (χ3n) is 0.874. The Morgan fingerprint density at radius 2 is 2.12 bits per heavy atom. The van der Waals surface area contributed by atoms with E-state index in [1.54, 1.807) is 0 Å². The zero-order valence-corrected chi connectivity index (χ0v) is 5.52. The quantitative estimate of drug-likeness (QED) is 0.477. The van der Waals surface area contributed by atoms with Crippen molar-refractivity contribution >= 4 is 0 Å². The van der Waals surface area contributed by atoms with Crippen LogP contribution < -0.4 is 0 Å². The molecule has 0 aliphatic rings. The standard InChI is InChI=1S/C8H12/c1-4-6-7-8(3)5-2/h4-7H,2H2,1,3H3/b6-4?,8-7-. The van der Waals surface area contributed by atoms with Crippen LogP contribution in [-0.4, -0.2) is 0 Å². The third kappa shape index (κ3) is 3.41. The number of rotatable bonds is 2. The molecule has 0 heteroatoms. The average Bonchev–Trinajstić information content (AvgIpc) is 1.83. The summed E-state index contributed by atoms with van der Waals surface area (Å²) in [5.41, 5.74) is 1.20. The topological polar surface area (TPSA) is 0 Å². The van der Waals surface area contributed by atoms with Gasteiger partial charge in [0.25, 0.3) is 0 Å². The van der Waals surface area contributed by atoms with Crippen LogP contribution in [-0.2, 0) is 0 Å². The molecule has 0 saturated carbocycles. The molecule has 0 aromatic rings. The first-order chi connectivity index (χ1) is 3.81. The average molecular weight is 108 g/mol. The molecule has 0 N–H and O–H groups in total. The highest BCUT2D eigenvalue weighted by Crippen LogP contribution is 1.91. The lowest BCUT2D eigenvalue weighted by Crippen LogP contribution is -1.60. The van der Waals surface area contributed by atoms with Gasteiger partial charge in [-0.25, -0.2) is 0 Å². The van der Waals surface area contributed by atoms with Gasteiger partial charge < -0.3 is 0 Å². The predicted octanol–water partition coefficient (Wildman–Crippen LogP) is 2.69. The molecule has 0 saturated heterocycles. The van der Waals surface area contributed by atoms with Crippen LogP contribution in [0.2, 0.25) is 0 Å². The monoisotopic (exact) mass is 108 g/mol. The molecular formula is C8H12.